The van der Waals surface area contributed by atoms with Gasteiger partial charge in [-0.05, 0) is 31.7 Å². The molecule has 3 rings (SSSR count). The van der Waals surface area contributed by atoms with Gasteiger partial charge in [-0.1, -0.05) is 36.8 Å². The van der Waals surface area contributed by atoms with Crippen molar-refractivity contribution in [2.24, 2.45) is 0 Å². The fraction of sp³-hybridized carbons (Fsp3) is 0.474. The van der Waals surface area contributed by atoms with Crippen LogP contribution in [-0.4, -0.2) is 28.7 Å². The molecule has 0 spiro atoms. The van der Waals surface area contributed by atoms with Crippen LogP contribution in [0.5, 0.6) is 5.88 Å². The van der Waals surface area contributed by atoms with Crippen LogP contribution in [0.25, 0.3) is 0 Å². The molecule has 1 saturated heterocycles. The highest BCUT2D eigenvalue weighted by molar-refractivity contribution is 5.44. The first-order valence-electron chi connectivity index (χ1n) is 8.55. The smallest absolute Gasteiger partial charge is 0.229 e. The second-order valence-electron chi connectivity index (χ2n) is 6.32. The van der Waals surface area contributed by atoms with Crippen molar-refractivity contribution >= 4 is 5.95 Å². The van der Waals surface area contributed by atoms with Crippen LogP contribution in [0.15, 0.2) is 24.3 Å². The minimum absolute atomic E-state index is 0.0732. The van der Waals surface area contributed by atoms with E-state index in [2.05, 4.69) is 41.1 Å². The molecule has 0 amide bonds. The molecule has 1 aromatic carbocycles. The van der Waals surface area contributed by atoms with Crippen molar-refractivity contribution < 1.29 is 9.84 Å². The third-order valence-electron chi connectivity index (χ3n) is 4.67. The van der Waals surface area contributed by atoms with Gasteiger partial charge in [-0.2, -0.15) is 4.98 Å². The molecular weight excluding hydrogens is 302 g/mol. The molecule has 1 atom stereocenters. The second kappa shape index (κ2) is 7.18. The standard InChI is InChI=1S/C19H25N3O2/c1-4-15-16(12-24-3)20-19(21-18(15)23)22-11-5-6-17(22)14-9-7-13(2)8-10-14/h7-10,17H,4-6,11-12H2,1-3H3,(H,20,21,23)/t17-/m0/s1. The van der Waals surface area contributed by atoms with Gasteiger partial charge in [-0.3, -0.25) is 0 Å². The number of hydrogen-bond acceptors (Lipinski definition) is 5. The molecule has 1 aromatic heterocycles. The Bertz CT molecular complexity index is 701. The number of rotatable bonds is 5. The number of aromatic hydroxyl groups is 1. The lowest BCUT2D eigenvalue weighted by molar-refractivity contribution is 0.180. The Morgan fingerprint density at radius 2 is 2.00 bits per heavy atom. The molecule has 0 radical (unpaired) electrons. The molecule has 2 aromatic rings. The zero-order valence-corrected chi connectivity index (χ0v) is 14.6. The van der Waals surface area contributed by atoms with Gasteiger partial charge in [0.25, 0.3) is 0 Å². The van der Waals surface area contributed by atoms with Crippen LogP contribution in [0, 0.1) is 6.92 Å². The van der Waals surface area contributed by atoms with E-state index in [-0.39, 0.29) is 11.9 Å². The lowest BCUT2D eigenvalue weighted by atomic mass is 10.0. The first-order valence-corrected chi connectivity index (χ1v) is 8.55. The van der Waals surface area contributed by atoms with Crippen LogP contribution < -0.4 is 4.90 Å². The summed E-state index contributed by atoms with van der Waals surface area (Å²) in [5.74, 6) is 0.670. The molecular formula is C19H25N3O2. The summed E-state index contributed by atoms with van der Waals surface area (Å²) in [6, 6.07) is 8.89. The van der Waals surface area contributed by atoms with E-state index in [1.54, 1.807) is 7.11 Å². The van der Waals surface area contributed by atoms with Crippen LogP contribution in [0.2, 0.25) is 0 Å². The molecule has 0 saturated carbocycles. The van der Waals surface area contributed by atoms with E-state index < -0.39 is 0 Å². The van der Waals surface area contributed by atoms with Crippen molar-refractivity contribution in [1.29, 1.82) is 0 Å². The summed E-state index contributed by atoms with van der Waals surface area (Å²) in [6.07, 6.45) is 2.85. The lowest BCUT2D eigenvalue weighted by Crippen LogP contribution is -2.25. The summed E-state index contributed by atoms with van der Waals surface area (Å²) in [7, 11) is 1.64. The van der Waals surface area contributed by atoms with Crippen molar-refractivity contribution in [3.05, 3.63) is 46.6 Å². The molecule has 0 aliphatic carbocycles. The van der Waals surface area contributed by atoms with Gasteiger partial charge in [0.2, 0.25) is 11.8 Å². The van der Waals surface area contributed by atoms with Crippen molar-refractivity contribution in [2.45, 2.75) is 45.8 Å². The van der Waals surface area contributed by atoms with Gasteiger partial charge < -0.3 is 14.7 Å². The highest BCUT2D eigenvalue weighted by Gasteiger charge is 2.29. The Hall–Kier alpha value is -2.14. The Kier molecular flexibility index (Phi) is 5.00. The van der Waals surface area contributed by atoms with Crippen LogP contribution in [0.4, 0.5) is 5.95 Å². The maximum absolute atomic E-state index is 10.3. The number of aryl methyl sites for hydroxylation is 1. The fourth-order valence-electron chi connectivity index (χ4n) is 3.39. The van der Waals surface area contributed by atoms with E-state index in [1.807, 2.05) is 6.92 Å². The number of anilines is 1. The predicted molar refractivity (Wildman–Crippen MR) is 94.3 cm³/mol. The van der Waals surface area contributed by atoms with Gasteiger partial charge in [0.1, 0.15) is 0 Å². The second-order valence-corrected chi connectivity index (χ2v) is 6.32. The topological polar surface area (TPSA) is 58.5 Å². The van der Waals surface area contributed by atoms with Crippen LogP contribution >= 0.6 is 0 Å². The highest BCUT2D eigenvalue weighted by atomic mass is 16.5. The Morgan fingerprint density at radius 1 is 1.25 bits per heavy atom. The van der Waals surface area contributed by atoms with E-state index in [0.717, 1.165) is 30.6 Å². The number of hydrogen-bond donors (Lipinski definition) is 1. The first kappa shape index (κ1) is 16.7. The van der Waals surface area contributed by atoms with Gasteiger partial charge in [0.05, 0.1) is 18.3 Å². The quantitative estimate of drug-likeness (QED) is 0.910. The van der Waals surface area contributed by atoms with Gasteiger partial charge in [-0.15, -0.1) is 0 Å². The van der Waals surface area contributed by atoms with E-state index >= 15 is 0 Å². The number of ether oxygens (including phenoxy) is 1. The van der Waals surface area contributed by atoms with Crippen LogP contribution in [-0.2, 0) is 17.8 Å². The summed E-state index contributed by atoms with van der Waals surface area (Å²) >= 11 is 0. The summed E-state index contributed by atoms with van der Waals surface area (Å²) < 4.78 is 5.25. The predicted octanol–water partition coefficient (Wildman–Crippen LogP) is 3.54. The molecule has 1 N–H and O–H groups in total. The fourth-order valence-corrected chi connectivity index (χ4v) is 3.39. The van der Waals surface area contributed by atoms with E-state index in [4.69, 9.17) is 9.72 Å². The average molecular weight is 327 g/mol. The van der Waals surface area contributed by atoms with Gasteiger partial charge >= 0.3 is 0 Å². The number of aromatic nitrogens is 2. The minimum atomic E-state index is 0.0732. The van der Waals surface area contributed by atoms with Crippen molar-refractivity contribution in [2.75, 3.05) is 18.6 Å². The molecule has 1 fully saturated rings. The SMILES string of the molecule is CCc1c(O)nc(N2CCC[C@H]2c2ccc(C)cc2)nc1COC. The van der Waals surface area contributed by atoms with Gasteiger partial charge in [0, 0.05) is 19.2 Å². The van der Waals surface area contributed by atoms with E-state index in [1.165, 1.54) is 11.1 Å². The maximum atomic E-state index is 10.3. The van der Waals surface area contributed by atoms with Crippen molar-refractivity contribution in [3.63, 3.8) is 0 Å². The summed E-state index contributed by atoms with van der Waals surface area (Å²) in [4.78, 5) is 11.3. The van der Waals surface area contributed by atoms with Gasteiger partial charge in [0.15, 0.2) is 0 Å². The maximum Gasteiger partial charge on any atom is 0.229 e. The molecule has 128 valence electrons. The monoisotopic (exact) mass is 327 g/mol. The van der Waals surface area contributed by atoms with Crippen LogP contribution in [0.1, 0.15) is 48.2 Å². The summed E-state index contributed by atoms with van der Waals surface area (Å²) in [5, 5.41) is 10.3. The van der Waals surface area contributed by atoms with Crippen molar-refractivity contribution in [3.8, 4) is 5.88 Å². The van der Waals surface area contributed by atoms with Gasteiger partial charge in [-0.25, -0.2) is 4.98 Å². The van der Waals surface area contributed by atoms with Crippen LogP contribution in [0.3, 0.4) is 0 Å². The molecule has 0 bridgehead atoms. The molecule has 1 aliphatic rings. The Labute approximate surface area is 143 Å². The average Bonchev–Trinajstić information content (AvgIpc) is 3.05. The zero-order valence-electron chi connectivity index (χ0n) is 14.6. The van der Waals surface area contributed by atoms with Crippen molar-refractivity contribution in [1.82, 2.24) is 9.97 Å². The van der Waals surface area contributed by atoms with E-state index in [0.29, 0.717) is 19.0 Å². The molecule has 1 aliphatic heterocycles. The largest absolute Gasteiger partial charge is 0.493 e. The van der Waals surface area contributed by atoms with E-state index in [9.17, 15) is 5.11 Å². The zero-order chi connectivity index (χ0) is 17.1. The molecule has 5 nitrogen and oxygen atoms in total. The summed E-state index contributed by atoms with van der Waals surface area (Å²) in [6.45, 7) is 5.37. The first-order chi connectivity index (χ1) is 11.6. The highest BCUT2D eigenvalue weighted by Crippen LogP contribution is 2.36. The number of benzene rings is 1. The Morgan fingerprint density at radius 3 is 2.67 bits per heavy atom. The minimum Gasteiger partial charge on any atom is -0.493 e. The molecule has 0 unspecified atom stereocenters. The molecule has 2 heterocycles. The third-order valence-corrected chi connectivity index (χ3v) is 4.67. The molecule has 5 heteroatoms. The normalized spacial score (nSPS) is 17.5. The number of methoxy groups -OCH3 is 1. The summed E-state index contributed by atoms with van der Waals surface area (Å²) in [5.41, 5.74) is 4.07. The number of nitrogens with zero attached hydrogens (tertiary/aromatic N) is 3. The third kappa shape index (κ3) is 3.22. The lowest BCUT2D eigenvalue weighted by Gasteiger charge is -2.26. The Balaban J connectivity index is 1.96. The molecule has 24 heavy (non-hydrogen) atoms.